The average Bonchev–Trinajstić information content (AvgIpc) is 2.41. The van der Waals surface area contributed by atoms with E-state index >= 15 is 0 Å². The first kappa shape index (κ1) is 16.1. The van der Waals surface area contributed by atoms with Gasteiger partial charge in [0, 0.05) is 29.8 Å². The molecule has 1 N–H and O–H groups in total. The molecule has 118 valence electrons. The first-order valence-electron chi connectivity index (χ1n) is 7.56. The lowest BCUT2D eigenvalue weighted by atomic mass is 9.64. The maximum absolute atomic E-state index is 13.7. The third-order valence-electron chi connectivity index (χ3n) is 4.30. The molecule has 2 rings (SSSR count). The lowest BCUT2D eigenvalue weighted by Gasteiger charge is -2.52. The summed E-state index contributed by atoms with van der Waals surface area (Å²) >= 11 is 0. The van der Waals surface area contributed by atoms with Gasteiger partial charge in [0.25, 0.3) is 0 Å². The Morgan fingerprint density at radius 2 is 2.10 bits per heavy atom. The van der Waals surface area contributed by atoms with E-state index in [2.05, 4.69) is 33.0 Å². The molecule has 1 saturated carbocycles. The van der Waals surface area contributed by atoms with Gasteiger partial charge >= 0.3 is 0 Å². The Morgan fingerprint density at radius 1 is 1.38 bits per heavy atom. The molecule has 0 aromatic heterocycles. The van der Waals surface area contributed by atoms with E-state index < -0.39 is 0 Å². The van der Waals surface area contributed by atoms with Crippen molar-refractivity contribution >= 4 is 5.69 Å². The van der Waals surface area contributed by atoms with E-state index in [1.54, 1.807) is 6.07 Å². The van der Waals surface area contributed by atoms with Gasteiger partial charge in [-0.2, -0.15) is 0 Å². The van der Waals surface area contributed by atoms with Gasteiger partial charge in [-0.1, -0.05) is 27.7 Å². The zero-order valence-electron chi connectivity index (χ0n) is 13.6. The zero-order chi connectivity index (χ0) is 15.6. The van der Waals surface area contributed by atoms with Gasteiger partial charge in [-0.25, -0.2) is 4.39 Å². The lowest BCUT2D eigenvalue weighted by Crippen LogP contribution is -2.58. The van der Waals surface area contributed by atoms with Crippen LogP contribution in [0.25, 0.3) is 0 Å². The molecule has 1 aliphatic rings. The zero-order valence-corrected chi connectivity index (χ0v) is 13.6. The molecule has 1 fully saturated rings. The molecule has 1 aromatic carbocycles. The van der Waals surface area contributed by atoms with Crippen molar-refractivity contribution in [1.29, 1.82) is 0 Å². The Hall–Kier alpha value is -1.29. The number of hydrogen-bond acceptors (Lipinski definition) is 3. The predicted molar refractivity (Wildman–Crippen MR) is 83.3 cm³/mol. The number of anilines is 1. The van der Waals surface area contributed by atoms with E-state index in [0.717, 1.165) is 18.7 Å². The first-order valence-corrected chi connectivity index (χ1v) is 7.56. The van der Waals surface area contributed by atoms with Crippen molar-refractivity contribution in [3.8, 4) is 5.75 Å². The van der Waals surface area contributed by atoms with Gasteiger partial charge in [-0.05, 0) is 24.5 Å². The fourth-order valence-corrected chi connectivity index (χ4v) is 2.68. The molecule has 2 unspecified atom stereocenters. The summed E-state index contributed by atoms with van der Waals surface area (Å²) in [5, 5.41) is 3.40. The number of halogens is 1. The minimum atomic E-state index is -0.341. The van der Waals surface area contributed by atoms with Crippen LogP contribution < -0.4 is 10.1 Å². The van der Waals surface area contributed by atoms with E-state index in [9.17, 15) is 4.39 Å². The molecule has 21 heavy (non-hydrogen) atoms. The Balaban J connectivity index is 1.94. The number of methoxy groups -OCH3 is 1. The first-order chi connectivity index (χ1) is 9.84. The molecule has 2 atom stereocenters. The highest BCUT2D eigenvalue weighted by Gasteiger charge is 2.49. The van der Waals surface area contributed by atoms with Gasteiger partial charge in [0.1, 0.15) is 0 Å². The third-order valence-corrected chi connectivity index (χ3v) is 4.30. The van der Waals surface area contributed by atoms with Crippen molar-refractivity contribution in [2.45, 2.75) is 46.3 Å². The maximum atomic E-state index is 13.7. The summed E-state index contributed by atoms with van der Waals surface area (Å²) in [5.74, 6) is 0.474. The van der Waals surface area contributed by atoms with Crippen LogP contribution in [0.4, 0.5) is 10.1 Å². The van der Waals surface area contributed by atoms with Crippen LogP contribution in [0.15, 0.2) is 18.2 Å². The smallest absolute Gasteiger partial charge is 0.167 e. The summed E-state index contributed by atoms with van der Waals surface area (Å²) in [6, 6.07) is 5.27. The van der Waals surface area contributed by atoms with Crippen LogP contribution in [0.2, 0.25) is 0 Å². The number of nitrogens with one attached hydrogen (secondary N) is 1. The van der Waals surface area contributed by atoms with Crippen LogP contribution in [0, 0.1) is 17.2 Å². The SMILES string of the molecule is COc1ccc(NC2CC(OCC(C)C)C2(C)C)cc1F. The van der Waals surface area contributed by atoms with Crippen LogP contribution in [-0.4, -0.2) is 25.9 Å². The highest BCUT2D eigenvalue weighted by molar-refractivity contribution is 5.49. The Labute approximate surface area is 126 Å². The molecule has 0 heterocycles. The number of ether oxygens (including phenoxy) is 2. The van der Waals surface area contributed by atoms with Crippen molar-refractivity contribution in [1.82, 2.24) is 0 Å². The highest BCUT2D eigenvalue weighted by Crippen LogP contribution is 2.44. The Bertz CT molecular complexity index is 488. The van der Waals surface area contributed by atoms with Crippen molar-refractivity contribution in [2.24, 2.45) is 11.3 Å². The fourth-order valence-electron chi connectivity index (χ4n) is 2.68. The van der Waals surface area contributed by atoms with E-state index in [0.29, 0.717) is 12.0 Å². The summed E-state index contributed by atoms with van der Waals surface area (Å²) in [4.78, 5) is 0. The van der Waals surface area contributed by atoms with Gasteiger partial charge in [-0.15, -0.1) is 0 Å². The normalized spacial score (nSPS) is 23.8. The molecular weight excluding hydrogens is 269 g/mol. The van der Waals surface area contributed by atoms with Crippen LogP contribution >= 0.6 is 0 Å². The summed E-state index contributed by atoms with van der Waals surface area (Å²) in [6.45, 7) is 9.49. The number of hydrogen-bond donors (Lipinski definition) is 1. The lowest BCUT2D eigenvalue weighted by molar-refractivity contribution is -0.108. The summed E-state index contributed by atoms with van der Waals surface area (Å²) in [5.41, 5.74) is 0.833. The second kappa shape index (κ2) is 6.22. The van der Waals surface area contributed by atoms with E-state index in [1.165, 1.54) is 13.2 Å². The number of benzene rings is 1. The minimum Gasteiger partial charge on any atom is -0.494 e. The van der Waals surface area contributed by atoms with Crippen molar-refractivity contribution in [2.75, 3.05) is 19.0 Å². The standard InChI is InChI=1S/C17H26FNO2/c1-11(2)10-21-16-9-15(17(16,3)4)19-12-6-7-14(20-5)13(18)8-12/h6-8,11,15-16,19H,9-10H2,1-5H3. The molecule has 1 aromatic rings. The van der Waals surface area contributed by atoms with Crippen molar-refractivity contribution in [3.63, 3.8) is 0 Å². The van der Waals surface area contributed by atoms with Gasteiger partial charge in [-0.3, -0.25) is 0 Å². The second-order valence-electron chi connectivity index (χ2n) is 6.82. The molecule has 0 radical (unpaired) electrons. The monoisotopic (exact) mass is 295 g/mol. The van der Waals surface area contributed by atoms with Crippen molar-refractivity contribution < 1.29 is 13.9 Å². The quantitative estimate of drug-likeness (QED) is 0.857. The van der Waals surface area contributed by atoms with E-state index in [4.69, 9.17) is 9.47 Å². The fraction of sp³-hybridized carbons (Fsp3) is 0.647. The van der Waals surface area contributed by atoms with Crippen LogP contribution in [0.3, 0.4) is 0 Å². The van der Waals surface area contributed by atoms with Crippen LogP contribution in [-0.2, 0) is 4.74 Å². The Morgan fingerprint density at radius 3 is 2.62 bits per heavy atom. The summed E-state index contributed by atoms with van der Waals surface area (Å²) in [7, 11) is 1.47. The highest BCUT2D eigenvalue weighted by atomic mass is 19.1. The molecule has 0 spiro atoms. The summed E-state index contributed by atoms with van der Waals surface area (Å²) < 4.78 is 24.6. The van der Waals surface area contributed by atoms with E-state index in [1.807, 2.05) is 6.07 Å². The van der Waals surface area contributed by atoms with Gasteiger partial charge < -0.3 is 14.8 Å². The van der Waals surface area contributed by atoms with Gasteiger partial charge in [0.2, 0.25) is 0 Å². The van der Waals surface area contributed by atoms with Crippen molar-refractivity contribution in [3.05, 3.63) is 24.0 Å². The van der Waals surface area contributed by atoms with Crippen LogP contribution in [0.1, 0.15) is 34.1 Å². The average molecular weight is 295 g/mol. The van der Waals surface area contributed by atoms with Gasteiger partial charge in [0.05, 0.1) is 13.2 Å². The molecule has 0 saturated heterocycles. The maximum Gasteiger partial charge on any atom is 0.167 e. The minimum absolute atomic E-state index is 0.0469. The topological polar surface area (TPSA) is 30.5 Å². The molecule has 3 nitrogen and oxygen atoms in total. The molecule has 0 aliphatic heterocycles. The summed E-state index contributed by atoms with van der Waals surface area (Å²) in [6.07, 6.45) is 1.22. The second-order valence-corrected chi connectivity index (χ2v) is 6.82. The largest absolute Gasteiger partial charge is 0.494 e. The molecule has 1 aliphatic carbocycles. The molecule has 4 heteroatoms. The van der Waals surface area contributed by atoms with Gasteiger partial charge in [0.15, 0.2) is 11.6 Å². The van der Waals surface area contributed by atoms with E-state index in [-0.39, 0.29) is 23.1 Å². The Kier molecular flexibility index (Phi) is 4.77. The third kappa shape index (κ3) is 3.49. The van der Waals surface area contributed by atoms with Crippen LogP contribution in [0.5, 0.6) is 5.75 Å². The molecule has 0 bridgehead atoms. The number of rotatable bonds is 6. The predicted octanol–water partition coefficient (Wildman–Crippen LogP) is 4.09. The molecule has 0 amide bonds. The molecular formula is C17H26FNO2.